The van der Waals surface area contributed by atoms with E-state index in [0.29, 0.717) is 30.9 Å². The van der Waals surface area contributed by atoms with E-state index in [4.69, 9.17) is 9.84 Å². The Labute approximate surface area is 263 Å². The van der Waals surface area contributed by atoms with E-state index < -0.39 is 18.0 Å². The quantitative estimate of drug-likeness (QED) is 0.0603. The summed E-state index contributed by atoms with van der Waals surface area (Å²) < 4.78 is 5.77. The average molecular weight is 609 g/mol. The molecule has 9 nitrogen and oxygen atoms in total. The number of hydrogen-bond acceptors (Lipinski definition) is 6. The van der Waals surface area contributed by atoms with Crippen LogP contribution in [0.25, 0.3) is 6.08 Å². The van der Waals surface area contributed by atoms with Crippen LogP contribution >= 0.6 is 0 Å². The first kappa shape index (κ1) is 36.3. The predicted octanol–water partition coefficient (Wildman–Crippen LogP) is 5.56. The zero-order valence-corrected chi connectivity index (χ0v) is 26.3. The van der Waals surface area contributed by atoms with Crippen LogP contribution in [0, 0.1) is 0 Å². The van der Waals surface area contributed by atoms with Gasteiger partial charge >= 0.3 is 0 Å². The third-order valence-electron chi connectivity index (χ3n) is 7.02. The van der Waals surface area contributed by atoms with Crippen molar-refractivity contribution >= 4 is 29.5 Å². The smallest absolute Gasteiger partial charge is 0.263 e. The molecule has 242 valence electrons. The lowest BCUT2D eigenvalue weighted by molar-refractivity contribution is -0.126. The minimum atomic E-state index is -1.06. The summed E-state index contributed by atoms with van der Waals surface area (Å²) in [5.74, 6) is -0.238. The molecule has 1 atom stereocenters. The molecule has 0 saturated carbocycles. The summed E-state index contributed by atoms with van der Waals surface area (Å²) in [6.45, 7) is 3.24. The Bertz CT molecular complexity index is 1090. The molecule has 3 amide bonds. The molecule has 0 aliphatic carbocycles. The second-order valence-electron chi connectivity index (χ2n) is 10.9. The number of hydrogen-bond donors (Lipinski definition) is 5. The number of aliphatic hydroxyl groups excluding tert-OH is 1. The Balaban J connectivity index is 1.65. The average Bonchev–Trinajstić information content (AvgIpc) is 3.04. The molecule has 0 aromatic heterocycles. The Kier molecular flexibility index (Phi) is 19.5. The monoisotopic (exact) mass is 608 g/mol. The van der Waals surface area contributed by atoms with Gasteiger partial charge in [-0.15, -0.1) is 0 Å². The highest BCUT2D eigenvalue weighted by molar-refractivity contribution is 5.96. The Morgan fingerprint density at radius 1 is 0.795 bits per heavy atom. The van der Waals surface area contributed by atoms with Crippen molar-refractivity contribution in [3.63, 3.8) is 0 Å². The van der Waals surface area contributed by atoms with E-state index in [1.807, 2.05) is 30.3 Å². The van der Waals surface area contributed by atoms with Crippen molar-refractivity contribution in [1.82, 2.24) is 16.0 Å². The van der Waals surface area contributed by atoms with Crippen LogP contribution in [0.5, 0.6) is 5.75 Å². The summed E-state index contributed by atoms with van der Waals surface area (Å²) in [5, 5.41) is 20.3. The van der Waals surface area contributed by atoms with Crippen molar-refractivity contribution in [2.45, 2.75) is 90.1 Å². The first-order chi connectivity index (χ1) is 21.5. The lowest BCUT2D eigenvalue weighted by atomic mass is 10.1. The first-order valence-electron chi connectivity index (χ1n) is 16.2. The molecule has 0 spiro atoms. The number of benzene rings is 2. The number of ether oxygens (including phenoxy) is 1. The number of anilines is 1. The first-order valence-corrected chi connectivity index (χ1v) is 16.2. The van der Waals surface area contributed by atoms with Crippen LogP contribution < -0.4 is 26.0 Å². The Hall–Kier alpha value is -3.85. The molecule has 2 aromatic rings. The minimum Gasteiger partial charge on any atom is -0.494 e. The van der Waals surface area contributed by atoms with E-state index in [2.05, 4.69) is 28.2 Å². The Morgan fingerprint density at radius 3 is 2.11 bits per heavy atom. The highest BCUT2D eigenvalue weighted by Crippen LogP contribution is 2.17. The maximum Gasteiger partial charge on any atom is 0.263 e. The molecule has 0 aliphatic rings. The fourth-order valence-electron chi connectivity index (χ4n) is 4.54. The van der Waals surface area contributed by atoms with Gasteiger partial charge in [0.1, 0.15) is 5.75 Å². The molecule has 9 heteroatoms. The summed E-state index contributed by atoms with van der Waals surface area (Å²) in [5.41, 5.74) is 1.46. The van der Waals surface area contributed by atoms with Gasteiger partial charge in [0.05, 0.1) is 13.2 Å². The number of nitrogens with one attached hydrogen (secondary N) is 4. The van der Waals surface area contributed by atoms with Gasteiger partial charge in [0.2, 0.25) is 11.8 Å². The molecule has 0 bridgehead atoms. The molecule has 5 N–H and O–H groups in total. The van der Waals surface area contributed by atoms with Gasteiger partial charge in [0.25, 0.3) is 5.91 Å². The van der Waals surface area contributed by atoms with Gasteiger partial charge in [-0.25, -0.2) is 0 Å². The number of rotatable bonds is 24. The van der Waals surface area contributed by atoms with Crippen molar-refractivity contribution in [3.05, 3.63) is 66.2 Å². The lowest BCUT2D eigenvalue weighted by Crippen LogP contribution is -2.51. The van der Waals surface area contributed by atoms with E-state index in [1.54, 1.807) is 30.3 Å². The maximum absolute atomic E-state index is 12.6. The van der Waals surface area contributed by atoms with E-state index in [-0.39, 0.29) is 19.1 Å². The van der Waals surface area contributed by atoms with Crippen LogP contribution in [-0.2, 0) is 14.4 Å². The third kappa shape index (κ3) is 17.3. The molecule has 0 aliphatic heterocycles. The number of carbonyl (C=O) groups excluding carboxylic acids is 3. The van der Waals surface area contributed by atoms with E-state index in [9.17, 15) is 14.4 Å². The second-order valence-corrected chi connectivity index (χ2v) is 10.9. The topological polar surface area (TPSA) is 129 Å². The van der Waals surface area contributed by atoms with Gasteiger partial charge in [0, 0.05) is 31.3 Å². The van der Waals surface area contributed by atoms with Crippen LogP contribution in [0.4, 0.5) is 5.69 Å². The van der Waals surface area contributed by atoms with E-state index >= 15 is 0 Å². The molecule has 0 heterocycles. The van der Waals surface area contributed by atoms with Gasteiger partial charge < -0.3 is 31.1 Å². The van der Waals surface area contributed by atoms with Gasteiger partial charge in [0.15, 0.2) is 6.17 Å². The lowest BCUT2D eigenvalue weighted by Gasteiger charge is -2.20. The molecular weight excluding hydrogens is 556 g/mol. The summed E-state index contributed by atoms with van der Waals surface area (Å²) in [7, 11) is 0. The van der Waals surface area contributed by atoms with Crippen LogP contribution in [0.1, 0.15) is 89.5 Å². The molecular formula is C35H52N4O5. The van der Waals surface area contributed by atoms with Crippen LogP contribution in [0.3, 0.4) is 0 Å². The van der Waals surface area contributed by atoms with Crippen molar-refractivity contribution in [2.24, 2.45) is 0 Å². The van der Waals surface area contributed by atoms with Gasteiger partial charge in [-0.2, -0.15) is 0 Å². The normalized spacial score (nSPS) is 11.6. The van der Waals surface area contributed by atoms with Crippen LogP contribution in [0.2, 0.25) is 0 Å². The number of amides is 3. The summed E-state index contributed by atoms with van der Waals surface area (Å²) in [6.07, 6.45) is 15.7. The number of carbonyl (C=O) groups is 3. The molecule has 2 aromatic carbocycles. The second kappa shape index (κ2) is 23.6. The van der Waals surface area contributed by atoms with Crippen LogP contribution in [0.15, 0.2) is 60.7 Å². The maximum atomic E-state index is 12.6. The molecule has 0 radical (unpaired) electrons. The number of unbranched alkanes of at least 4 members (excludes halogenated alkanes) is 9. The SMILES string of the molecule is CCCCCCCCCCCCNC(=O)CCCOc1ccc(NC(NC(=O)C=Cc2ccccc2)C(=O)NCCO)cc1. The van der Waals surface area contributed by atoms with Gasteiger partial charge in [-0.05, 0) is 48.7 Å². The van der Waals surface area contributed by atoms with Crippen molar-refractivity contribution < 1.29 is 24.2 Å². The standard InChI is InChI=1S/C35H52N4O5/c1-2-3-4-5-6-7-8-9-10-14-25-36-32(41)18-15-28-44-31-22-20-30(21-23-31)38-34(35(43)37-26-27-40)39-33(42)24-19-29-16-12-11-13-17-29/h11-13,16-17,19-24,34,38,40H,2-10,14-15,18,25-28H2,1H3,(H,36,41)(H,37,43)(H,39,42). The minimum absolute atomic E-state index is 0.0512. The molecule has 44 heavy (non-hydrogen) atoms. The van der Waals surface area contributed by atoms with Gasteiger partial charge in [-0.1, -0.05) is 95.0 Å². The predicted molar refractivity (Wildman–Crippen MR) is 177 cm³/mol. The highest BCUT2D eigenvalue weighted by atomic mass is 16.5. The fraction of sp³-hybridized carbons (Fsp3) is 0.514. The third-order valence-corrected chi connectivity index (χ3v) is 7.02. The summed E-state index contributed by atoms with van der Waals surface area (Å²) >= 11 is 0. The fourth-order valence-corrected chi connectivity index (χ4v) is 4.54. The van der Waals surface area contributed by atoms with E-state index in [0.717, 1.165) is 24.9 Å². The van der Waals surface area contributed by atoms with E-state index in [1.165, 1.54) is 57.4 Å². The molecule has 1 unspecified atom stereocenters. The molecule has 2 rings (SSSR count). The zero-order valence-electron chi connectivity index (χ0n) is 26.3. The largest absolute Gasteiger partial charge is 0.494 e. The van der Waals surface area contributed by atoms with Crippen LogP contribution in [-0.4, -0.2) is 55.3 Å². The number of aliphatic hydroxyl groups is 1. The Morgan fingerprint density at radius 2 is 1.45 bits per heavy atom. The summed E-state index contributed by atoms with van der Waals surface area (Å²) in [6, 6.07) is 16.4. The van der Waals surface area contributed by atoms with Crippen molar-refractivity contribution in [3.8, 4) is 5.75 Å². The van der Waals surface area contributed by atoms with Crippen molar-refractivity contribution in [1.29, 1.82) is 0 Å². The van der Waals surface area contributed by atoms with Crippen molar-refractivity contribution in [2.75, 3.05) is 31.6 Å². The molecule has 0 fully saturated rings. The zero-order chi connectivity index (χ0) is 31.7. The molecule has 0 saturated heterocycles. The highest BCUT2D eigenvalue weighted by Gasteiger charge is 2.19. The summed E-state index contributed by atoms with van der Waals surface area (Å²) in [4.78, 5) is 37.2. The van der Waals surface area contributed by atoms with Gasteiger partial charge in [-0.3, -0.25) is 14.4 Å².